The Morgan fingerprint density at radius 3 is 3.18 bits per heavy atom. The van der Waals surface area contributed by atoms with Gasteiger partial charge in [-0.25, -0.2) is 0 Å². The van der Waals surface area contributed by atoms with Crippen molar-refractivity contribution in [2.24, 2.45) is 0 Å². The molecule has 1 unspecified atom stereocenters. The van der Waals surface area contributed by atoms with Crippen molar-refractivity contribution < 1.29 is 5.11 Å². The zero-order valence-corrected chi connectivity index (χ0v) is 7.43. The first kappa shape index (κ1) is 7.28. The van der Waals surface area contributed by atoms with Gasteiger partial charge in [0.05, 0.1) is 0 Å². The minimum Gasteiger partial charge on any atom is -0.374 e. The van der Waals surface area contributed by atoms with E-state index in [1.807, 2.05) is 18.2 Å². The number of rotatable bonds is 0. The largest absolute Gasteiger partial charge is 0.374 e. The van der Waals surface area contributed by atoms with Crippen LogP contribution in [-0.4, -0.2) is 5.11 Å². The summed E-state index contributed by atoms with van der Waals surface area (Å²) >= 11 is 3.35. The molecule has 3 heteroatoms. The average Bonchev–Trinajstić information content (AvgIpc) is 2.33. The molecule has 0 amide bonds. The Kier molecular flexibility index (Phi) is 1.71. The molecular formula is C8H8BrNO. The van der Waals surface area contributed by atoms with Crippen LogP contribution in [0.3, 0.4) is 0 Å². The molecule has 0 bridgehead atoms. The van der Waals surface area contributed by atoms with E-state index in [1.165, 1.54) is 5.56 Å². The first-order chi connectivity index (χ1) is 5.27. The number of benzene rings is 1. The Morgan fingerprint density at radius 1 is 1.55 bits per heavy atom. The van der Waals surface area contributed by atoms with Crippen molar-refractivity contribution in [1.29, 1.82) is 0 Å². The van der Waals surface area contributed by atoms with Gasteiger partial charge in [-0.2, -0.15) is 0 Å². The number of hydrogen-bond acceptors (Lipinski definition) is 2. The first-order valence-corrected chi connectivity index (χ1v) is 4.26. The van der Waals surface area contributed by atoms with Gasteiger partial charge in [-0.05, 0) is 17.7 Å². The molecule has 2 N–H and O–H groups in total. The second-order valence-corrected chi connectivity index (χ2v) is 3.54. The number of aliphatic hydroxyl groups excluding tert-OH is 1. The van der Waals surface area contributed by atoms with Crippen molar-refractivity contribution in [1.82, 2.24) is 5.32 Å². The summed E-state index contributed by atoms with van der Waals surface area (Å²) in [6, 6.07) is 5.95. The van der Waals surface area contributed by atoms with Crippen LogP contribution in [0.1, 0.15) is 17.4 Å². The topological polar surface area (TPSA) is 32.3 Å². The van der Waals surface area contributed by atoms with E-state index in [9.17, 15) is 5.11 Å². The Balaban J connectivity index is 2.52. The van der Waals surface area contributed by atoms with E-state index < -0.39 is 6.23 Å². The van der Waals surface area contributed by atoms with Crippen molar-refractivity contribution >= 4 is 15.9 Å². The van der Waals surface area contributed by atoms with Crippen molar-refractivity contribution in [3.05, 3.63) is 33.8 Å². The molecule has 1 heterocycles. The van der Waals surface area contributed by atoms with Crippen molar-refractivity contribution in [3.8, 4) is 0 Å². The SMILES string of the molecule is OC1NCc2ccc(Br)cc21. The number of aliphatic hydroxyl groups is 1. The van der Waals surface area contributed by atoms with Crippen LogP contribution in [0, 0.1) is 0 Å². The maximum Gasteiger partial charge on any atom is 0.131 e. The lowest BCUT2D eigenvalue weighted by Gasteiger charge is -2.02. The normalized spacial score (nSPS) is 21.8. The van der Waals surface area contributed by atoms with E-state index in [4.69, 9.17) is 0 Å². The van der Waals surface area contributed by atoms with Crippen LogP contribution in [-0.2, 0) is 6.54 Å². The molecule has 1 aromatic carbocycles. The highest BCUT2D eigenvalue weighted by Gasteiger charge is 2.18. The average molecular weight is 214 g/mol. The lowest BCUT2D eigenvalue weighted by Crippen LogP contribution is -2.09. The number of nitrogens with one attached hydrogen (secondary N) is 1. The van der Waals surface area contributed by atoms with Gasteiger partial charge >= 0.3 is 0 Å². The van der Waals surface area contributed by atoms with Gasteiger partial charge in [0.25, 0.3) is 0 Å². The van der Waals surface area contributed by atoms with Crippen LogP contribution in [0.15, 0.2) is 22.7 Å². The Bertz CT molecular complexity index is 287. The zero-order chi connectivity index (χ0) is 7.84. The second-order valence-electron chi connectivity index (χ2n) is 2.63. The fourth-order valence-corrected chi connectivity index (χ4v) is 1.68. The number of halogens is 1. The summed E-state index contributed by atoms with van der Waals surface area (Å²) in [4.78, 5) is 0. The van der Waals surface area contributed by atoms with Crippen molar-refractivity contribution in [2.45, 2.75) is 12.8 Å². The van der Waals surface area contributed by atoms with Gasteiger partial charge in [0, 0.05) is 16.6 Å². The summed E-state index contributed by atoms with van der Waals surface area (Å²) < 4.78 is 1.01. The summed E-state index contributed by atoms with van der Waals surface area (Å²) in [7, 11) is 0. The van der Waals surface area contributed by atoms with Crippen molar-refractivity contribution in [2.75, 3.05) is 0 Å². The van der Waals surface area contributed by atoms with E-state index in [0.717, 1.165) is 16.6 Å². The first-order valence-electron chi connectivity index (χ1n) is 3.47. The van der Waals surface area contributed by atoms with Crippen LogP contribution in [0.4, 0.5) is 0 Å². The summed E-state index contributed by atoms with van der Waals surface area (Å²) in [6.07, 6.45) is -0.484. The molecule has 0 spiro atoms. The molecule has 1 aliphatic rings. The molecule has 58 valence electrons. The van der Waals surface area contributed by atoms with Gasteiger partial charge in [0.15, 0.2) is 0 Å². The van der Waals surface area contributed by atoms with E-state index in [0.29, 0.717) is 0 Å². The highest BCUT2D eigenvalue weighted by molar-refractivity contribution is 9.10. The summed E-state index contributed by atoms with van der Waals surface area (Å²) in [5.41, 5.74) is 2.17. The van der Waals surface area contributed by atoms with Gasteiger partial charge in [-0.1, -0.05) is 22.0 Å². The molecule has 0 saturated heterocycles. The molecular weight excluding hydrogens is 206 g/mol. The lowest BCUT2D eigenvalue weighted by atomic mass is 10.1. The van der Waals surface area contributed by atoms with Gasteiger partial charge < -0.3 is 5.11 Å². The smallest absolute Gasteiger partial charge is 0.131 e. The predicted octanol–water partition coefficient (Wildman–Crippen LogP) is 1.54. The Labute approximate surface area is 73.4 Å². The zero-order valence-electron chi connectivity index (χ0n) is 5.84. The number of fused-ring (bicyclic) bond motifs is 1. The summed E-state index contributed by atoms with van der Waals surface area (Å²) in [5, 5.41) is 12.3. The van der Waals surface area contributed by atoms with E-state index >= 15 is 0 Å². The fraction of sp³-hybridized carbons (Fsp3) is 0.250. The highest BCUT2D eigenvalue weighted by atomic mass is 79.9. The highest BCUT2D eigenvalue weighted by Crippen LogP contribution is 2.25. The molecule has 2 rings (SSSR count). The molecule has 2 nitrogen and oxygen atoms in total. The third kappa shape index (κ3) is 1.20. The van der Waals surface area contributed by atoms with Crippen LogP contribution < -0.4 is 5.32 Å². The van der Waals surface area contributed by atoms with Crippen LogP contribution in [0.25, 0.3) is 0 Å². The fourth-order valence-electron chi connectivity index (χ4n) is 1.30. The molecule has 0 aromatic heterocycles. The molecule has 0 fully saturated rings. The monoisotopic (exact) mass is 213 g/mol. The minimum absolute atomic E-state index is 0.484. The molecule has 11 heavy (non-hydrogen) atoms. The molecule has 1 aromatic rings. The van der Waals surface area contributed by atoms with Gasteiger partial charge in [-0.15, -0.1) is 0 Å². The standard InChI is InChI=1S/C8H8BrNO/c9-6-2-1-5-4-10-8(11)7(5)3-6/h1-3,8,10-11H,4H2. The summed E-state index contributed by atoms with van der Waals surface area (Å²) in [5.74, 6) is 0. The molecule has 0 saturated carbocycles. The summed E-state index contributed by atoms with van der Waals surface area (Å²) in [6.45, 7) is 0.768. The predicted molar refractivity (Wildman–Crippen MR) is 45.9 cm³/mol. The molecule has 0 aliphatic carbocycles. The maximum atomic E-state index is 9.37. The van der Waals surface area contributed by atoms with E-state index in [-0.39, 0.29) is 0 Å². The van der Waals surface area contributed by atoms with Crippen molar-refractivity contribution in [3.63, 3.8) is 0 Å². The minimum atomic E-state index is -0.484. The molecule has 1 atom stereocenters. The second kappa shape index (κ2) is 2.59. The molecule has 1 aliphatic heterocycles. The van der Waals surface area contributed by atoms with Crippen LogP contribution >= 0.6 is 15.9 Å². The maximum absolute atomic E-state index is 9.37. The van der Waals surface area contributed by atoms with Crippen LogP contribution in [0.2, 0.25) is 0 Å². The Morgan fingerprint density at radius 2 is 2.36 bits per heavy atom. The lowest BCUT2D eigenvalue weighted by molar-refractivity contribution is 0.151. The Hall–Kier alpha value is -0.380. The van der Waals surface area contributed by atoms with Crippen LogP contribution in [0.5, 0.6) is 0 Å². The quantitative estimate of drug-likeness (QED) is 0.686. The van der Waals surface area contributed by atoms with E-state index in [2.05, 4.69) is 21.2 Å². The molecule has 0 radical (unpaired) electrons. The van der Waals surface area contributed by atoms with Gasteiger partial charge in [0.1, 0.15) is 6.23 Å². The van der Waals surface area contributed by atoms with E-state index in [1.54, 1.807) is 0 Å². The third-order valence-corrected chi connectivity index (χ3v) is 2.38. The van der Waals surface area contributed by atoms with Gasteiger partial charge in [-0.3, -0.25) is 5.32 Å². The number of hydrogen-bond donors (Lipinski definition) is 2. The third-order valence-electron chi connectivity index (χ3n) is 1.89. The van der Waals surface area contributed by atoms with Gasteiger partial charge in [0.2, 0.25) is 0 Å².